The fourth-order valence-electron chi connectivity index (χ4n) is 0.968. The van der Waals surface area contributed by atoms with E-state index in [0.29, 0.717) is 4.90 Å². The first-order valence-corrected chi connectivity index (χ1v) is 5.54. The number of carbonyl (C=O) groups excluding carboxylic acids is 1. The Balaban J connectivity index is 3.15. The number of benzene rings is 1. The first-order chi connectivity index (χ1) is 7.58. The molecule has 5 heteroatoms. The van der Waals surface area contributed by atoms with Crippen LogP contribution in [0.2, 0.25) is 5.02 Å². The minimum atomic E-state index is -0.661. The zero-order chi connectivity index (χ0) is 12.1. The summed E-state index contributed by atoms with van der Waals surface area (Å²) in [6, 6.07) is 2.48. The SMILES string of the molecule is C#CC(C)Sc1cc(N=C=O)c(F)cc1Cl. The van der Waals surface area contributed by atoms with Gasteiger partial charge in [0, 0.05) is 4.90 Å². The van der Waals surface area contributed by atoms with Crippen LogP contribution in [0.3, 0.4) is 0 Å². The molecule has 0 aliphatic heterocycles. The summed E-state index contributed by atoms with van der Waals surface area (Å²) < 4.78 is 13.2. The number of hydrogen-bond acceptors (Lipinski definition) is 3. The highest BCUT2D eigenvalue weighted by atomic mass is 35.5. The van der Waals surface area contributed by atoms with E-state index in [1.165, 1.54) is 23.9 Å². The van der Waals surface area contributed by atoms with Gasteiger partial charge in [-0.3, -0.25) is 0 Å². The molecule has 1 atom stereocenters. The van der Waals surface area contributed by atoms with Gasteiger partial charge >= 0.3 is 0 Å². The van der Waals surface area contributed by atoms with Gasteiger partial charge in [0.15, 0.2) is 5.82 Å². The van der Waals surface area contributed by atoms with Crippen molar-refractivity contribution in [1.82, 2.24) is 0 Å². The van der Waals surface area contributed by atoms with Gasteiger partial charge in [0.1, 0.15) is 5.69 Å². The van der Waals surface area contributed by atoms with Crippen molar-refractivity contribution in [2.75, 3.05) is 0 Å². The van der Waals surface area contributed by atoms with Crippen molar-refractivity contribution in [3.63, 3.8) is 0 Å². The fourth-order valence-corrected chi connectivity index (χ4v) is 2.05. The molecule has 0 amide bonds. The number of hydrogen-bond donors (Lipinski definition) is 0. The molecule has 1 aromatic carbocycles. The largest absolute Gasteiger partial charge is 0.240 e. The van der Waals surface area contributed by atoms with Gasteiger partial charge in [-0.25, -0.2) is 9.18 Å². The average Bonchev–Trinajstić information content (AvgIpc) is 2.25. The molecule has 0 radical (unpaired) electrons. The lowest BCUT2D eigenvalue weighted by atomic mass is 10.3. The van der Waals surface area contributed by atoms with E-state index in [1.54, 1.807) is 0 Å². The first kappa shape index (κ1) is 12.8. The maximum absolute atomic E-state index is 13.2. The monoisotopic (exact) mass is 255 g/mol. The predicted molar refractivity (Wildman–Crippen MR) is 63.3 cm³/mol. The number of rotatable bonds is 3. The molecule has 1 unspecified atom stereocenters. The summed E-state index contributed by atoms with van der Waals surface area (Å²) in [4.78, 5) is 13.9. The summed E-state index contributed by atoms with van der Waals surface area (Å²) in [6.45, 7) is 1.81. The Morgan fingerprint density at radius 2 is 2.31 bits per heavy atom. The lowest BCUT2D eigenvalue weighted by Gasteiger charge is -2.07. The molecule has 1 rings (SSSR count). The molecule has 16 heavy (non-hydrogen) atoms. The van der Waals surface area contributed by atoms with Gasteiger partial charge in [0.2, 0.25) is 6.08 Å². The third-order valence-electron chi connectivity index (χ3n) is 1.71. The molecule has 82 valence electrons. The summed E-state index contributed by atoms with van der Waals surface area (Å²) in [5.74, 6) is 1.85. The molecule has 2 nitrogen and oxygen atoms in total. The average molecular weight is 256 g/mol. The van der Waals surface area contributed by atoms with Gasteiger partial charge in [-0.2, -0.15) is 4.99 Å². The Morgan fingerprint density at radius 1 is 1.62 bits per heavy atom. The van der Waals surface area contributed by atoms with E-state index in [0.717, 1.165) is 6.07 Å². The lowest BCUT2D eigenvalue weighted by molar-refractivity contribution is 0.564. The third-order valence-corrected chi connectivity index (χ3v) is 3.21. The van der Waals surface area contributed by atoms with Crippen molar-refractivity contribution in [1.29, 1.82) is 0 Å². The highest BCUT2D eigenvalue weighted by Gasteiger charge is 2.10. The van der Waals surface area contributed by atoms with Crippen LogP contribution in [-0.2, 0) is 4.79 Å². The van der Waals surface area contributed by atoms with Gasteiger partial charge in [-0.05, 0) is 19.1 Å². The normalized spacial score (nSPS) is 11.4. The highest BCUT2D eigenvalue weighted by molar-refractivity contribution is 8.00. The number of terminal acetylenes is 1. The van der Waals surface area contributed by atoms with Crippen molar-refractivity contribution in [2.45, 2.75) is 17.1 Å². The second kappa shape index (κ2) is 5.72. The molecule has 0 heterocycles. The molecule has 0 spiro atoms. The molecule has 0 saturated heterocycles. The molecule has 1 aromatic rings. The molecule has 0 aromatic heterocycles. The van der Waals surface area contributed by atoms with Crippen molar-refractivity contribution >= 4 is 35.1 Å². The third kappa shape index (κ3) is 3.11. The maximum Gasteiger partial charge on any atom is 0.240 e. The summed E-state index contributed by atoms with van der Waals surface area (Å²) in [5, 5.41) is 0.144. The summed E-state index contributed by atoms with van der Waals surface area (Å²) >= 11 is 7.13. The zero-order valence-corrected chi connectivity index (χ0v) is 9.90. The van der Waals surface area contributed by atoms with E-state index in [1.807, 2.05) is 6.92 Å². The Bertz CT molecular complexity index is 491. The Morgan fingerprint density at radius 3 is 2.88 bits per heavy atom. The Kier molecular flexibility index (Phi) is 4.57. The van der Waals surface area contributed by atoms with Crippen LogP contribution >= 0.6 is 23.4 Å². The smallest absolute Gasteiger partial charge is 0.211 e. The van der Waals surface area contributed by atoms with Crippen LogP contribution in [0.5, 0.6) is 0 Å². The van der Waals surface area contributed by atoms with Crippen LogP contribution in [0.15, 0.2) is 22.0 Å². The number of halogens is 2. The lowest BCUT2D eigenvalue weighted by Crippen LogP contribution is -1.90. The Hall–Kier alpha value is -1.27. The van der Waals surface area contributed by atoms with Crippen LogP contribution in [0.1, 0.15) is 6.92 Å². The van der Waals surface area contributed by atoms with Gasteiger partial charge < -0.3 is 0 Å². The molecule has 0 fully saturated rings. The summed E-state index contributed by atoms with van der Waals surface area (Å²) in [7, 11) is 0. The van der Waals surface area contributed by atoms with Crippen molar-refractivity contribution in [2.24, 2.45) is 4.99 Å². The minimum Gasteiger partial charge on any atom is -0.211 e. The molecule has 0 bridgehead atoms. The standard InChI is InChI=1S/C11H7ClFNOS/c1-3-7(2)16-11-5-10(14-6-15)9(13)4-8(11)12/h1,4-5,7H,2H3. The first-order valence-electron chi connectivity index (χ1n) is 4.28. The van der Waals surface area contributed by atoms with Crippen molar-refractivity contribution < 1.29 is 9.18 Å². The van der Waals surface area contributed by atoms with Gasteiger partial charge in [0.05, 0.1) is 10.3 Å². The highest BCUT2D eigenvalue weighted by Crippen LogP contribution is 2.34. The minimum absolute atomic E-state index is 0.0916. The van der Waals surface area contributed by atoms with Crippen LogP contribution in [0.25, 0.3) is 0 Å². The molecule has 0 N–H and O–H groups in total. The van der Waals surface area contributed by atoms with E-state index in [2.05, 4.69) is 10.9 Å². The van der Waals surface area contributed by atoms with E-state index < -0.39 is 5.82 Å². The summed E-state index contributed by atoms with van der Waals surface area (Å²) in [5.41, 5.74) is -0.0916. The number of aliphatic imine (C=N–C) groups is 1. The topological polar surface area (TPSA) is 29.4 Å². The van der Waals surface area contributed by atoms with E-state index in [-0.39, 0.29) is 16.0 Å². The van der Waals surface area contributed by atoms with Gasteiger partial charge in [-0.15, -0.1) is 18.2 Å². The predicted octanol–water partition coefficient (Wildman–Crippen LogP) is 3.56. The van der Waals surface area contributed by atoms with E-state index in [4.69, 9.17) is 18.0 Å². The van der Waals surface area contributed by atoms with Crippen LogP contribution in [0.4, 0.5) is 10.1 Å². The van der Waals surface area contributed by atoms with Crippen LogP contribution in [0, 0.1) is 18.2 Å². The number of thioether (sulfide) groups is 1. The summed E-state index contributed by atoms with van der Waals surface area (Å²) in [6.07, 6.45) is 6.50. The number of nitrogens with zero attached hydrogens (tertiary/aromatic N) is 1. The van der Waals surface area contributed by atoms with Crippen molar-refractivity contribution in [3.05, 3.63) is 23.0 Å². The van der Waals surface area contributed by atoms with Crippen molar-refractivity contribution in [3.8, 4) is 12.3 Å². The van der Waals surface area contributed by atoms with Gasteiger partial charge in [-0.1, -0.05) is 17.5 Å². The quantitative estimate of drug-likeness (QED) is 0.358. The molecule has 0 saturated carbocycles. The molecule has 0 aliphatic rings. The zero-order valence-electron chi connectivity index (χ0n) is 8.33. The molecular formula is C11H7ClFNOS. The molecule has 0 aliphatic carbocycles. The number of isocyanates is 1. The second-order valence-corrected chi connectivity index (χ2v) is 4.65. The maximum atomic E-state index is 13.2. The Labute approximate surface area is 102 Å². The second-order valence-electron chi connectivity index (χ2n) is 2.86. The van der Waals surface area contributed by atoms with E-state index >= 15 is 0 Å². The van der Waals surface area contributed by atoms with E-state index in [9.17, 15) is 9.18 Å². The molecular weight excluding hydrogens is 249 g/mol. The van der Waals surface area contributed by atoms with Gasteiger partial charge in [0.25, 0.3) is 0 Å². The fraction of sp³-hybridized carbons (Fsp3) is 0.182. The van der Waals surface area contributed by atoms with Crippen LogP contribution < -0.4 is 0 Å². The van der Waals surface area contributed by atoms with Crippen LogP contribution in [-0.4, -0.2) is 11.3 Å².